The van der Waals surface area contributed by atoms with Crippen molar-refractivity contribution in [1.82, 2.24) is 4.98 Å². The third-order valence-corrected chi connectivity index (χ3v) is 7.07. The van der Waals surface area contributed by atoms with Gasteiger partial charge in [0.25, 0.3) is 0 Å². The average molecular weight is 633 g/mol. The predicted octanol–water partition coefficient (Wildman–Crippen LogP) is 7.07. The Bertz CT molecular complexity index is 1610. The second-order valence-corrected chi connectivity index (χ2v) is 10.7. The van der Waals surface area contributed by atoms with Gasteiger partial charge < -0.3 is 14.2 Å². The molecule has 0 saturated carbocycles. The number of para-hydroxylation sites is 1. The summed E-state index contributed by atoms with van der Waals surface area (Å²) in [5.74, 6) is -5.20. The molecule has 1 atom stereocenters. The van der Waals surface area contributed by atoms with Crippen LogP contribution in [0.15, 0.2) is 77.8 Å². The van der Waals surface area contributed by atoms with Crippen molar-refractivity contribution in [3.63, 3.8) is 0 Å². The number of anilines is 1. The van der Waals surface area contributed by atoms with Crippen molar-refractivity contribution in [3.05, 3.63) is 95.6 Å². The lowest BCUT2D eigenvalue weighted by atomic mass is 10.1. The van der Waals surface area contributed by atoms with Crippen LogP contribution < -0.4 is 9.64 Å². The molecule has 8 nitrogen and oxygen atoms in total. The topological polar surface area (TPSA) is 95.0 Å². The Kier molecular flexibility index (Phi) is 10.8. The maximum absolute atomic E-state index is 14.4. The Balaban J connectivity index is 1.73. The molecule has 0 aliphatic carbocycles. The number of hydrogen-bond donors (Lipinski definition) is 0. The fourth-order valence-electron chi connectivity index (χ4n) is 3.88. The van der Waals surface area contributed by atoms with E-state index in [0.717, 1.165) is 11.0 Å². The van der Waals surface area contributed by atoms with Gasteiger partial charge in [-0.05, 0) is 30.7 Å². The molecular weight excluding hydrogens is 609 g/mol. The first-order valence-electron chi connectivity index (χ1n) is 12.8. The molecule has 0 bridgehead atoms. The molecule has 0 N–H and O–H groups in total. The van der Waals surface area contributed by atoms with Crippen molar-refractivity contribution >= 4 is 58.0 Å². The summed E-state index contributed by atoms with van der Waals surface area (Å²) < 4.78 is 56.7. The molecule has 1 amide bonds. The number of rotatable bonds is 11. The molecule has 43 heavy (non-hydrogen) atoms. The molecule has 1 unspecified atom stereocenters. The van der Waals surface area contributed by atoms with Gasteiger partial charge in [0.15, 0.2) is 17.4 Å². The number of carbonyl (C=O) groups is 3. The molecule has 0 saturated heterocycles. The number of alkyl halides is 2. The van der Waals surface area contributed by atoms with E-state index < -0.39 is 58.9 Å². The number of aromatic nitrogens is 1. The van der Waals surface area contributed by atoms with Crippen LogP contribution in [-0.4, -0.2) is 47.6 Å². The summed E-state index contributed by atoms with van der Waals surface area (Å²) in [7, 11) is 0. The van der Waals surface area contributed by atoms with Crippen LogP contribution in [0, 0.1) is 11.6 Å². The number of nitrogens with zero attached hydrogens (tertiary/aromatic N) is 2. The number of carbonyl (C=O) groups excluding carboxylic acids is 3. The molecule has 1 aromatic heterocycles. The number of halogens is 4. The zero-order chi connectivity index (χ0) is 30.9. The molecule has 1 heterocycles. The molecule has 0 fully saturated rings. The summed E-state index contributed by atoms with van der Waals surface area (Å²) in [6.45, 7) is -0.407. The van der Waals surface area contributed by atoms with Gasteiger partial charge in [0.2, 0.25) is 0 Å². The Labute approximate surface area is 253 Å². The minimum atomic E-state index is -1.31. The summed E-state index contributed by atoms with van der Waals surface area (Å²) >= 11 is 6.56. The lowest BCUT2D eigenvalue weighted by Crippen LogP contribution is -2.38. The van der Waals surface area contributed by atoms with Crippen LogP contribution in [-0.2, 0) is 20.9 Å². The van der Waals surface area contributed by atoms with E-state index in [0.29, 0.717) is 29.1 Å². The van der Waals surface area contributed by atoms with Gasteiger partial charge in [0.1, 0.15) is 35.1 Å². The molecule has 3 aromatic carbocycles. The van der Waals surface area contributed by atoms with Crippen LogP contribution in [0.1, 0.15) is 22.8 Å². The van der Waals surface area contributed by atoms with E-state index in [4.69, 9.17) is 25.8 Å². The molecule has 0 radical (unpaired) electrons. The maximum Gasteiger partial charge on any atom is 0.415 e. The van der Waals surface area contributed by atoms with Gasteiger partial charge >= 0.3 is 18.0 Å². The first kappa shape index (κ1) is 31.6. The van der Waals surface area contributed by atoms with Gasteiger partial charge in [-0.25, -0.2) is 32.5 Å². The first-order chi connectivity index (χ1) is 20.7. The fourth-order valence-corrected chi connectivity index (χ4v) is 4.88. The zero-order valence-electron chi connectivity index (χ0n) is 22.6. The lowest BCUT2D eigenvalue weighted by molar-refractivity contribution is -0.132. The van der Waals surface area contributed by atoms with Gasteiger partial charge in [-0.2, -0.15) is 0 Å². The van der Waals surface area contributed by atoms with Crippen molar-refractivity contribution in [2.45, 2.75) is 23.3 Å². The number of ether oxygens (including phenoxy) is 3. The van der Waals surface area contributed by atoms with Crippen LogP contribution in [0.3, 0.4) is 0 Å². The van der Waals surface area contributed by atoms with Gasteiger partial charge in [0, 0.05) is 17.1 Å². The van der Waals surface area contributed by atoms with Crippen LogP contribution in [0.25, 0.3) is 10.9 Å². The van der Waals surface area contributed by atoms with Crippen molar-refractivity contribution in [3.8, 4) is 5.75 Å². The number of hydrogen-bond acceptors (Lipinski definition) is 8. The van der Waals surface area contributed by atoms with Crippen molar-refractivity contribution in [2.75, 3.05) is 24.7 Å². The summed E-state index contributed by atoms with van der Waals surface area (Å²) in [5.41, 5.74) is 0.344. The molecular formula is C30H24ClF3N2O6S. The Morgan fingerprint density at radius 3 is 2.28 bits per heavy atom. The number of esters is 2. The number of amides is 1. The Morgan fingerprint density at radius 2 is 1.63 bits per heavy atom. The number of pyridine rings is 1. The van der Waals surface area contributed by atoms with E-state index in [1.165, 1.54) is 6.92 Å². The third kappa shape index (κ3) is 7.96. The summed E-state index contributed by atoms with van der Waals surface area (Å²) in [6.07, 6.45) is -0.880. The van der Waals surface area contributed by atoms with Crippen molar-refractivity contribution in [1.29, 1.82) is 0 Å². The molecule has 13 heteroatoms. The van der Waals surface area contributed by atoms with E-state index in [1.54, 1.807) is 60.7 Å². The molecule has 0 aliphatic heterocycles. The first-order valence-corrected chi connectivity index (χ1v) is 14.1. The van der Waals surface area contributed by atoms with E-state index >= 15 is 0 Å². The molecule has 224 valence electrons. The monoisotopic (exact) mass is 632 g/mol. The van der Waals surface area contributed by atoms with Gasteiger partial charge in [-0.3, -0.25) is 4.90 Å². The average Bonchev–Trinajstić information content (AvgIpc) is 3.00. The fraction of sp³-hybridized carbons (Fsp3) is 0.200. The van der Waals surface area contributed by atoms with Gasteiger partial charge in [-0.1, -0.05) is 60.3 Å². The van der Waals surface area contributed by atoms with Crippen molar-refractivity contribution in [2.24, 2.45) is 0 Å². The third-order valence-electron chi connectivity index (χ3n) is 5.78. The highest BCUT2D eigenvalue weighted by Gasteiger charge is 2.30. The van der Waals surface area contributed by atoms with Crippen LogP contribution in [0.4, 0.5) is 23.7 Å². The number of fused-ring (bicyclic) bond motifs is 1. The highest BCUT2D eigenvalue weighted by Crippen LogP contribution is 2.39. The molecule has 0 spiro atoms. The SMILES string of the molecule is CCOC(=O)c1c(SC(Cl)CF)nc2cc(F)c(F)cc2c1OC(=O)CN(C(=O)OCc1ccccc1)c1ccccc1. The zero-order valence-corrected chi connectivity index (χ0v) is 24.2. The summed E-state index contributed by atoms with van der Waals surface area (Å²) in [6, 6.07) is 18.4. The highest BCUT2D eigenvalue weighted by molar-refractivity contribution is 8.01. The second kappa shape index (κ2) is 14.7. The lowest BCUT2D eigenvalue weighted by Gasteiger charge is -2.22. The largest absolute Gasteiger partial charge is 0.462 e. The van der Waals surface area contributed by atoms with E-state index in [1.807, 2.05) is 0 Å². The van der Waals surface area contributed by atoms with E-state index in [2.05, 4.69) is 4.98 Å². The number of thioether (sulfide) groups is 1. The molecule has 4 rings (SSSR count). The van der Waals surface area contributed by atoms with Gasteiger partial charge in [0.05, 0.1) is 12.1 Å². The Morgan fingerprint density at radius 1 is 0.977 bits per heavy atom. The Hall–Kier alpha value is -4.29. The van der Waals surface area contributed by atoms with Crippen LogP contribution >= 0.6 is 23.4 Å². The van der Waals surface area contributed by atoms with Crippen molar-refractivity contribution < 1.29 is 41.8 Å². The van der Waals surface area contributed by atoms with E-state index in [-0.39, 0.29) is 29.1 Å². The maximum atomic E-state index is 14.4. The predicted molar refractivity (Wildman–Crippen MR) is 155 cm³/mol. The van der Waals surface area contributed by atoms with E-state index in [9.17, 15) is 27.6 Å². The standard InChI is InChI=1S/C30H24ClF3N2O6S/c1-2-40-29(38)26-27(20-13-21(33)22(34)14-23(20)35-28(26)43-24(31)15-32)42-25(37)16-36(19-11-7-4-8-12-19)30(39)41-17-18-9-5-3-6-10-18/h3-14,24H,2,15-17H2,1H3. The minimum absolute atomic E-state index is 0.0837. The quantitative estimate of drug-likeness (QED) is 0.0985. The molecule has 4 aromatic rings. The summed E-state index contributed by atoms with van der Waals surface area (Å²) in [5, 5.41) is -0.483. The van der Waals surface area contributed by atoms with Gasteiger partial charge in [-0.15, -0.1) is 11.6 Å². The summed E-state index contributed by atoms with van der Waals surface area (Å²) in [4.78, 5) is 44.7. The highest BCUT2D eigenvalue weighted by atomic mass is 35.5. The molecule has 0 aliphatic rings. The van der Waals surface area contributed by atoms with Crippen LogP contribution in [0.5, 0.6) is 5.75 Å². The minimum Gasteiger partial charge on any atom is -0.462 e. The smallest absolute Gasteiger partial charge is 0.415 e. The second-order valence-electron chi connectivity index (χ2n) is 8.74. The number of benzene rings is 3. The van der Waals surface area contributed by atoms with Crippen LogP contribution in [0.2, 0.25) is 0 Å². The normalized spacial score (nSPS) is 11.6.